The zero-order chi connectivity index (χ0) is 12.4. The van der Waals surface area contributed by atoms with Gasteiger partial charge in [-0.15, -0.1) is 0 Å². The van der Waals surface area contributed by atoms with Crippen LogP contribution in [0.1, 0.15) is 33.6 Å². The lowest BCUT2D eigenvalue weighted by Crippen LogP contribution is -2.22. The van der Waals surface area contributed by atoms with Gasteiger partial charge in [-0.3, -0.25) is 0 Å². The summed E-state index contributed by atoms with van der Waals surface area (Å²) in [7, 11) is 0. The minimum atomic E-state index is -0.808. The van der Waals surface area contributed by atoms with Crippen molar-refractivity contribution in [2.45, 2.75) is 39.9 Å². The Hall–Kier alpha value is -1.58. The first kappa shape index (κ1) is 14.4. The van der Waals surface area contributed by atoms with Gasteiger partial charge in [0.2, 0.25) is 6.29 Å². The Kier molecular flexibility index (Phi) is 7.85. The summed E-state index contributed by atoms with van der Waals surface area (Å²) >= 11 is 0. The smallest absolute Gasteiger partial charge is 0.333 e. The van der Waals surface area contributed by atoms with Crippen molar-refractivity contribution >= 4 is 11.9 Å². The van der Waals surface area contributed by atoms with Crippen LogP contribution in [0, 0.1) is 0 Å². The number of esters is 2. The minimum absolute atomic E-state index is 0.493. The summed E-state index contributed by atoms with van der Waals surface area (Å²) in [4.78, 5) is 22.3. The van der Waals surface area contributed by atoms with Crippen LogP contribution in [0.15, 0.2) is 24.3 Å². The van der Waals surface area contributed by atoms with Gasteiger partial charge < -0.3 is 9.47 Å². The third kappa shape index (κ3) is 6.81. The Morgan fingerprint density at radius 2 is 1.50 bits per heavy atom. The topological polar surface area (TPSA) is 52.6 Å². The van der Waals surface area contributed by atoms with E-state index in [0.29, 0.717) is 6.42 Å². The van der Waals surface area contributed by atoms with Gasteiger partial charge >= 0.3 is 11.9 Å². The van der Waals surface area contributed by atoms with Crippen LogP contribution in [0.5, 0.6) is 0 Å². The van der Waals surface area contributed by atoms with Crippen molar-refractivity contribution in [2.75, 3.05) is 0 Å². The first-order valence-electron chi connectivity index (χ1n) is 5.30. The van der Waals surface area contributed by atoms with Gasteiger partial charge in [0.25, 0.3) is 0 Å². The highest BCUT2D eigenvalue weighted by Crippen LogP contribution is 2.06. The van der Waals surface area contributed by atoms with Crippen molar-refractivity contribution in [3.63, 3.8) is 0 Å². The molecule has 0 radical (unpaired) electrons. The molecule has 0 saturated carbocycles. The average Bonchev–Trinajstić information content (AvgIpc) is 2.18. The second kappa shape index (κ2) is 8.71. The molecule has 0 spiro atoms. The summed E-state index contributed by atoms with van der Waals surface area (Å²) in [6, 6.07) is 0. The van der Waals surface area contributed by atoms with Gasteiger partial charge in [-0.2, -0.15) is 0 Å². The SMILES string of the molecule is C/C=C/C(=O)OC(CCC)OC(=O)/C=C/C. The first-order chi connectivity index (χ1) is 7.63. The van der Waals surface area contributed by atoms with Crippen LogP contribution in [-0.4, -0.2) is 18.2 Å². The van der Waals surface area contributed by atoms with Crippen LogP contribution in [-0.2, 0) is 19.1 Å². The quantitative estimate of drug-likeness (QED) is 0.396. The number of ether oxygens (including phenoxy) is 2. The van der Waals surface area contributed by atoms with Crippen LogP contribution in [0.25, 0.3) is 0 Å². The van der Waals surface area contributed by atoms with Gasteiger partial charge in [0.1, 0.15) is 0 Å². The summed E-state index contributed by atoms with van der Waals surface area (Å²) in [6.45, 7) is 5.34. The predicted octanol–water partition coefficient (Wildman–Crippen LogP) is 2.35. The lowest BCUT2D eigenvalue weighted by molar-refractivity contribution is -0.181. The van der Waals surface area contributed by atoms with E-state index in [9.17, 15) is 9.59 Å². The van der Waals surface area contributed by atoms with Crippen LogP contribution in [0.4, 0.5) is 0 Å². The van der Waals surface area contributed by atoms with Crippen molar-refractivity contribution in [1.82, 2.24) is 0 Å². The highest BCUT2D eigenvalue weighted by atomic mass is 16.7. The fourth-order valence-electron chi connectivity index (χ4n) is 0.987. The fourth-order valence-corrected chi connectivity index (χ4v) is 0.987. The highest BCUT2D eigenvalue weighted by Gasteiger charge is 2.15. The zero-order valence-corrected chi connectivity index (χ0v) is 9.93. The Balaban J connectivity index is 4.26. The summed E-state index contributed by atoms with van der Waals surface area (Å²) in [5.41, 5.74) is 0. The van der Waals surface area contributed by atoms with Crippen LogP contribution in [0.2, 0.25) is 0 Å². The van der Waals surface area contributed by atoms with Crippen molar-refractivity contribution in [1.29, 1.82) is 0 Å². The van der Waals surface area contributed by atoms with Crippen molar-refractivity contribution in [3.8, 4) is 0 Å². The molecule has 4 nitrogen and oxygen atoms in total. The Labute approximate surface area is 95.9 Å². The van der Waals surface area contributed by atoms with E-state index in [1.54, 1.807) is 26.0 Å². The van der Waals surface area contributed by atoms with E-state index in [4.69, 9.17) is 9.47 Å². The standard InChI is InChI=1S/C12H18O4/c1-4-7-10(13)15-12(9-6-3)16-11(14)8-5-2/h4-5,7-8,12H,6,9H2,1-3H3/b7-4+,8-5+. The lowest BCUT2D eigenvalue weighted by atomic mass is 10.3. The van der Waals surface area contributed by atoms with Gasteiger partial charge in [-0.25, -0.2) is 9.59 Å². The number of rotatable bonds is 6. The van der Waals surface area contributed by atoms with Crippen LogP contribution >= 0.6 is 0 Å². The fraction of sp³-hybridized carbons (Fsp3) is 0.500. The molecule has 0 rings (SSSR count). The molecule has 0 bridgehead atoms. The maximum absolute atomic E-state index is 11.1. The summed E-state index contributed by atoms with van der Waals surface area (Å²) < 4.78 is 9.89. The Bertz CT molecular complexity index is 253. The van der Waals surface area contributed by atoms with E-state index in [0.717, 1.165) is 6.42 Å². The summed E-state index contributed by atoms with van der Waals surface area (Å²) in [5, 5.41) is 0. The molecule has 0 fully saturated rings. The lowest BCUT2D eigenvalue weighted by Gasteiger charge is -2.15. The molecule has 4 heteroatoms. The third-order valence-corrected chi connectivity index (χ3v) is 1.63. The molecule has 0 aromatic heterocycles. The van der Waals surface area contributed by atoms with Gasteiger partial charge in [-0.05, 0) is 20.3 Å². The molecule has 0 unspecified atom stereocenters. The highest BCUT2D eigenvalue weighted by molar-refractivity contribution is 5.83. The summed E-state index contributed by atoms with van der Waals surface area (Å²) in [6.07, 6.45) is 6.15. The Morgan fingerprint density at radius 1 is 1.06 bits per heavy atom. The van der Waals surface area contributed by atoms with E-state index in [1.165, 1.54) is 12.2 Å². The molecule has 0 aromatic rings. The van der Waals surface area contributed by atoms with E-state index < -0.39 is 18.2 Å². The number of hydrogen-bond acceptors (Lipinski definition) is 4. The van der Waals surface area contributed by atoms with Crippen LogP contribution in [0.3, 0.4) is 0 Å². The molecule has 0 aromatic carbocycles. The second-order valence-electron chi connectivity index (χ2n) is 3.09. The Morgan fingerprint density at radius 3 is 1.81 bits per heavy atom. The van der Waals surface area contributed by atoms with Crippen LogP contribution < -0.4 is 0 Å². The largest absolute Gasteiger partial charge is 0.422 e. The van der Waals surface area contributed by atoms with Gasteiger partial charge in [0.15, 0.2) is 0 Å². The molecular weight excluding hydrogens is 208 g/mol. The number of hydrogen-bond donors (Lipinski definition) is 0. The minimum Gasteiger partial charge on any atom is -0.422 e. The molecule has 0 aliphatic carbocycles. The van der Waals surface area contributed by atoms with Gasteiger partial charge in [0, 0.05) is 18.6 Å². The maximum atomic E-state index is 11.1. The molecule has 0 saturated heterocycles. The normalized spacial score (nSPS) is 11.2. The van der Waals surface area contributed by atoms with Gasteiger partial charge in [-0.1, -0.05) is 19.1 Å². The predicted molar refractivity (Wildman–Crippen MR) is 60.5 cm³/mol. The molecule has 0 N–H and O–H groups in total. The number of allylic oxidation sites excluding steroid dienone is 2. The number of carbonyl (C=O) groups is 2. The van der Waals surface area contributed by atoms with E-state index in [1.807, 2.05) is 6.92 Å². The molecule has 0 aliphatic rings. The monoisotopic (exact) mass is 226 g/mol. The molecule has 0 atom stereocenters. The van der Waals surface area contributed by atoms with Crippen molar-refractivity contribution in [3.05, 3.63) is 24.3 Å². The average molecular weight is 226 g/mol. The number of carbonyl (C=O) groups excluding carboxylic acids is 2. The van der Waals surface area contributed by atoms with Gasteiger partial charge in [0.05, 0.1) is 0 Å². The maximum Gasteiger partial charge on any atom is 0.333 e. The molecule has 0 heterocycles. The molecule has 90 valence electrons. The molecule has 16 heavy (non-hydrogen) atoms. The molecule has 0 amide bonds. The van der Waals surface area contributed by atoms with E-state index in [2.05, 4.69) is 0 Å². The second-order valence-corrected chi connectivity index (χ2v) is 3.09. The first-order valence-corrected chi connectivity index (χ1v) is 5.30. The zero-order valence-electron chi connectivity index (χ0n) is 9.93. The molecular formula is C12H18O4. The third-order valence-electron chi connectivity index (χ3n) is 1.63. The summed E-state index contributed by atoms with van der Waals surface area (Å²) in [5.74, 6) is -1.01. The van der Waals surface area contributed by atoms with Crippen molar-refractivity contribution < 1.29 is 19.1 Å². The molecule has 0 aliphatic heterocycles. The van der Waals surface area contributed by atoms with E-state index >= 15 is 0 Å². The van der Waals surface area contributed by atoms with Crippen molar-refractivity contribution in [2.24, 2.45) is 0 Å². The van der Waals surface area contributed by atoms with E-state index in [-0.39, 0.29) is 0 Å².